The highest BCUT2D eigenvalue weighted by Crippen LogP contribution is 2.19. The van der Waals surface area contributed by atoms with Crippen molar-refractivity contribution in [3.63, 3.8) is 0 Å². The lowest BCUT2D eigenvalue weighted by atomic mass is 9.89. The van der Waals surface area contributed by atoms with Gasteiger partial charge >= 0.3 is 0 Å². The van der Waals surface area contributed by atoms with Crippen LogP contribution in [0.25, 0.3) is 0 Å². The van der Waals surface area contributed by atoms with Crippen LogP contribution in [0.15, 0.2) is 12.3 Å². The van der Waals surface area contributed by atoms with Gasteiger partial charge in [0.05, 0.1) is 48.0 Å². The van der Waals surface area contributed by atoms with E-state index in [1.165, 1.54) is 0 Å². The summed E-state index contributed by atoms with van der Waals surface area (Å²) in [6, 6.07) is 0. The molecule has 0 bridgehead atoms. The number of rotatable bonds is 9. The number of likely N-dealkylation sites (N-methyl/N-ethyl adjacent to an activating group) is 1. The van der Waals surface area contributed by atoms with Crippen LogP contribution in [0.2, 0.25) is 0 Å². The summed E-state index contributed by atoms with van der Waals surface area (Å²) < 4.78 is 1.80. The van der Waals surface area contributed by atoms with Gasteiger partial charge in [-0.25, -0.2) is 0 Å². The maximum Gasteiger partial charge on any atom is 0.225 e. The molecule has 0 aromatic heterocycles. The molecule has 0 aliphatic heterocycles. The van der Waals surface area contributed by atoms with E-state index in [0.29, 0.717) is 0 Å². The summed E-state index contributed by atoms with van der Waals surface area (Å²) in [5.41, 5.74) is -0.252. The molecule has 0 atom stereocenters. The van der Waals surface area contributed by atoms with Crippen LogP contribution in [-0.4, -0.2) is 69.7 Å². The second-order valence-electron chi connectivity index (χ2n) is 8.19. The molecule has 0 spiro atoms. The van der Waals surface area contributed by atoms with Crippen LogP contribution in [0.3, 0.4) is 0 Å². The number of carbonyl (C=O) groups excluding carboxylic acids is 1. The molecule has 1 amide bonds. The van der Waals surface area contributed by atoms with Crippen LogP contribution >= 0.6 is 0 Å². The molecule has 0 fully saturated rings. The van der Waals surface area contributed by atoms with Gasteiger partial charge in [0.1, 0.15) is 6.54 Å². The van der Waals surface area contributed by atoms with Crippen molar-refractivity contribution < 1.29 is 38.6 Å². The van der Waals surface area contributed by atoms with Gasteiger partial charge in [0, 0.05) is 24.5 Å². The lowest BCUT2D eigenvalue weighted by Gasteiger charge is -2.29. The second-order valence-corrected chi connectivity index (χ2v) is 8.19. The zero-order chi connectivity index (χ0) is 16.7. The van der Waals surface area contributed by atoms with Gasteiger partial charge in [-0.3, -0.25) is 4.79 Å². The van der Waals surface area contributed by atoms with Crippen molar-refractivity contribution in [1.29, 1.82) is 0 Å². The van der Waals surface area contributed by atoms with Gasteiger partial charge in [0.2, 0.25) is 5.91 Å². The maximum absolute atomic E-state index is 12.0. The minimum atomic E-state index is -0.252. The average molecular weight is 370 g/mol. The number of hydrogen-bond acceptors (Lipinski definition) is 1. The second kappa shape index (κ2) is 11.3. The Bertz CT molecular complexity index is 361. The first-order chi connectivity index (χ1) is 9.40. The highest BCUT2D eigenvalue weighted by atomic mass is 35.5. The number of quaternary nitrogens is 2. The fraction of sp³-hybridized carbons (Fsp3) is 0.824. The van der Waals surface area contributed by atoms with E-state index < -0.39 is 0 Å². The van der Waals surface area contributed by atoms with E-state index in [4.69, 9.17) is 0 Å². The third kappa shape index (κ3) is 13.8. The van der Waals surface area contributed by atoms with Crippen molar-refractivity contribution in [2.75, 3.05) is 54.9 Å². The molecule has 0 saturated carbocycles. The van der Waals surface area contributed by atoms with Crippen LogP contribution < -0.4 is 30.1 Å². The van der Waals surface area contributed by atoms with Crippen molar-refractivity contribution >= 4 is 5.91 Å². The Balaban J connectivity index is -0.00000200. The molecule has 0 saturated heterocycles. The Morgan fingerprint density at radius 3 is 2.04 bits per heavy atom. The van der Waals surface area contributed by atoms with Gasteiger partial charge in [-0.2, -0.15) is 0 Å². The number of nitrogens with zero attached hydrogens (tertiary/aromatic N) is 2. The molecule has 0 aliphatic rings. The summed E-state index contributed by atoms with van der Waals surface area (Å²) in [6.07, 6.45) is 6.34. The Labute approximate surface area is 156 Å². The van der Waals surface area contributed by atoms with Gasteiger partial charge in [0.25, 0.3) is 0 Å². The van der Waals surface area contributed by atoms with E-state index in [0.717, 1.165) is 41.4 Å². The van der Waals surface area contributed by atoms with E-state index in [9.17, 15) is 4.79 Å². The zero-order valence-corrected chi connectivity index (χ0v) is 17.8. The Morgan fingerprint density at radius 1 is 1.09 bits per heavy atom. The standard InChI is InChI=1S/C17H36N3O.2ClH/c1-9-17(2,3)16(21)18-12-10-14-20(7,8)15-11-13-19(4,5)6;;/h11,13H,9-10,12,14-15H2,1-8H3;2*1H/q+1;;/p-1/b13-11-;;. The summed E-state index contributed by atoms with van der Waals surface area (Å²) >= 11 is 0. The van der Waals surface area contributed by atoms with E-state index >= 15 is 0 Å². The number of amides is 1. The van der Waals surface area contributed by atoms with Crippen molar-refractivity contribution in [2.24, 2.45) is 5.41 Å². The summed E-state index contributed by atoms with van der Waals surface area (Å²) in [4.78, 5) is 12.0. The van der Waals surface area contributed by atoms with E-state index in [2.05, 4.69) is 59.8 Å². The number of nitrogens with one attached hydrogen (secondary N) is 1. The molecule has 1 N–H and O–H groups in total. The first kappa shape index (κ1) is 27.6. The van der Waals surface area contributed by atoms with E-state index in [-0.39, 0.29) is 36.1 Å². The summed E-state index contributed by atoms with van der Waals surface area (Å²) in [5.74, 6) is 0.167. The van der Waals surface area contributed by atoms with Crippen molar-refractivity contribution in [3.8, 4) is 0 Å². The van der Waals surface area contributed by atoms with Gasteiger partial charge in [-0.05, 0) is 6.42 Å². The average Bonchev–Trinajstić information content (AvgIpc) is 2.32. The van der Waals surface area contributed by atoms with Gasteiger partial charge < -0.3 is 39.1 Å². The first-order valence-corrected chi connectivity index (χ1v) is 7.99. The summed E-state index contributed by atoms with van der Waals surface area (Å²) in [6.45, 7) is 8.90. The Hall–Kier alpha value is -0.290. The molecule has 0 aromatic rings. The molecule has 0 rings (SSSR count). The van der Waals surface area contributed by atoms with Crippen molar-refractivity contribution in [3.05, 3.63) is 12.3 Å². The molecule has 6 heteroatoms. The number of carbonyl (C=O) groups is 1. The third-order valence-electron chi connectivity index (χ3n) is 3.88. The molecule has 0 aliphatic carbocycles. The van der Waals surface area contributed by atoms with Crippen LogP contribution in [0, 0.1) is 5.41 Å². The SMILES string of the molecule is CCC(C)(C)C(=O)NCCC[N+](C)(C)C/C=C\[N+](C)(C)C.[Cl-].[Cl-]. The zero-order valence-electron chi connectivity index (χ0n) is 16.2. The normalized spacial score (nSPS) is 12.5. The predicted octanol–water partition coefficient (Wildman–Crippen LogP) is -3.77. The topological polar surface area (TPSA) is 29.1 Å². The molecule has 0 aromatic carbocycles. The summed E-state index contributed by atoms with van der Waals surface area (Å²) in [5, 5.41) is 3.06. The fourth-order valence-corrected chi connectivity index (χ4v) is 1.85. The molecule has 4 nitrogen and oxygen atoms in total. The van der Waals surface area contributed by atoms with E-state index in [1.807, 2.05) is 13.8 Å². The maximum atomic E-state index is 12.0. The van der Waals surface area contributed by atoms with Gasteiger partial charge in [-0.1, -0.05) is 20.8 Å². The highest BCUT2D eigenvalue weighted by Gasteiger charge is 2.24. The van der Waals surface area contributed by atoms with Gasteiger partial charge in [0.15, 0.2) is 0 Å². The van der Waals surface area contributed by atoms with Crippen LogP contribution in [0.5, 0.6) is 0 Å². The molecule has 0 heterocycles. The smallest absolute Gasteiger partial charge is 0.225 e. The largest absolute Gasteiger partial charge is 1.00 e. The predicted molar refractivity (Wildman–Crippen MR) is 90.7 cm³/mol. The molecule has 140 valence electrons. The molecule has 23 heavy (non-hydrogen) atoms. The Kier molecular flexibility index (Phi) is 13.5. The molecule has 0 radical (unpaired) electrons. The molecular formula is C17H37Cl2N3O. The van der Waals surface area contributed by atoms with Crippen LogP contribution in [-0.2, 0) is 4.79 Å². The number of hydrogen-bond donors (Lipinski definition) is 1. The highest BCUT2D eigenvalue weighted by molar-refractivity contribution is 5.81. The monoisotopic (exact) mass is 369 g/mol. The quantitative estimate of drug-likeness (QED) is 0.328. The van der Waals surface area contributed by atoms with Gasteiger partial charge in [-0.15, -0.1) is 0 Å². The van der Waals surface area contributed by atoms with Crippen molar-refractivity contribution in [1.82, 2.24) is 5.32 Å². The number of halogens is 2. The van der Waals surface area contributed by atoms with Crippen LogP contribution in [0.4, 0.5) is 0 Å². The van der Waals surface area contributed by atoms with E-state index in [1.54, 1.807) is 0 Å². The van der Waals surface area contributed by atoms with Crippen molar-refractivity contribution in [2.45, 2.75) is 33.6 Å². The lowest BCUT2D eigenvalue weighted by molar-refractivity contribution is -0.885. The molecule has 0 unspecified atom stereocenters. The Morgan fingerprint density at radius 2 is 1.61 bits per heavy atom. The molecular weight excluding hydrogens is 333 g/mol. The third-order valence-corrected chi connectivity index (χ3v) is 3.88. The van der Waals surface area contributed by atoms with Crippen LogP contribution in [0.1, 0.15) is 33.6 Å². The first-order valence-electron chi connectivity index (χ1n) is 7.99. The summed E-state index contributed by atoms with van der Waals surface area (Å²) in [7, 11) is 10.9. The minimum absolute atomic E-state index is 0. The lowest BCUT2D eigenvalue weighted by Crippen LogP contribution is -3.00. The fourth-order valence-electron chi connectivity index (χ4n) is 1.85. The minimum Gasteiger partial charge on any atom is -1.00 e.